The molecule has 1 aromatic heterocycles. The molecule has 4 heteroatoms. The van der Waals surface area contributed by atoms with Gasteiger partial charge in [0.1, 0.15) is 0 Å². The van der Waals surface area contributed by atoms with Gasteiger partial charge in [-0.15, -0.1) is 0 Å². The third-order valence-electron chi connectivity index (χ3n) is 3.88. The van der Waals surface area contributed by atoms with E-state index >= 15 is 0 Å². The van der Waals surface area contributed by atoms with Crippen molar-refractivity contribution in [2.24, 2.45) is 7.05 Å². The van der Waals surface area contributed by atoms with Crippen LogP contribution < -0.4 is 5.32 Å². The van der Waals surface area contributed by atoms with Crippen molar-refractivity contribution in [2.75, 3.05) is 11.9 Å². The Hall–Kier alpha value is -1.03. The molecular formula is C14H25N3O. The smallest absolute Gasteiger partial charge is 0.0853 e. The van der Waals surface area contributed by atoms with Crippen molar-refractivity contribution < 1.29 is 5.11 Å². The zero-order chi connectivity index (χ0) is 13.0. The Labute approximate surface area is 109 Å². The van der Waals surface area contributed by atoms with Gasteiger partial charge < -0.3 is 10.4 Å². The van der Waals surface area contributed by atoms with Gasteiger partial charge in [0.25, 0.3) is 0 Å². The van der Waals surface area contributed by atoms with Gasteiger partial charge in [0.2, 0.25) is 0 Å². The summed E-state index contributed by atoms with van der Waals surface area (Å²) in [6.45, 7) is 2.75. The number of hydrogen-bond donors (Lipinski definition) is 2. The fourth-order valence-electron chi connectivity index (χ4n) is 2.77. The number of hydrogen-bond acceptors (Lipinski definition) is 3. The minimum absolute atomic E-state index is 0.530. The van der Waals surface area contributed by atoms with Crippen LogP contribution in [-0.4, -0.2) is 27.0 Å². The van der Waals surface area contributed by atoms with E-state index in [2.05, 4.69) is 17.3 Å². The molecule has 2 rings (SSSR count). The highest BCUT2D eigenvalue weighted by atomic mass is 16.3. The summed E-state index contributed by atoms with van der Waals surface area (Å²) in [5, 5.41) is 18.4. The first kappa shape index (κ1) is 13.4. The first-order valence-electron chi connectivity index (χ1n) is 7.12. The second-order valence-electron chi connectivity index (χ2n) is 5.51. The van der Waals surface area contributed by atoms with Crippen LogP contribution in [-0.2, 0) is 13.5 Å². The summed E-state index contributed by atoms with van der Waals surface area (Å²) in [7, 11) is 1.94. The van der Waals surface area contributed by atoms with Crippen molar-refractivity contribution in [1.82, 2.24) is 9.78 Å². The number of nitrogens with one attached hydrogen (secondary N) is 1. The standard InChI is InChI=1S/C14H25N3O/c1-3-12-13(10-17(2)16-12)15-11-14(18)8-6-4-5-7-9-14/h10,15,18H,3-9,11H2,1-2H3. The molecule has 1 aromatic rings. The molecule has 1 aliphatic carbocycles. The van der Waals surface area contributed by atoms with Crippen LogP contribution in [0.2, 0.25) is 0 Å². The van der Waals surface area contributed by atoms with Crippen molar-refractivity contribution in [1.29, 1.82) is 0 Å². The van der Waals surface area contributed by atoms with Crippen molar-refractivity contribution in [2.45, 2.75) is 57.5 Å². The van der Waals surface area contributed by atoms with Crippen molar-refractivity contribution in [3.05, 3.63) is 11.9 Å². The lowest BCUT2D eigenvalue weighted by Crippen LogP contribution is -2.36. The lowest BCUT2D eigenvalue weighted by Gasteiger charge is -2.27. The largest absolute Gasteiger partial charge is 0.388 e. The van der Waals surface area contributed by atoms with Gasteiger partial charge in [-0.25, -0.2) is 0 Å². The predicted molar refractivity (Wildman–Crippen MR) is 73.7 cm³/mol. The predicted octanol–water partition coefficient (Wildman–Crippen LogP) is 2.48. The van der Waals surface area contributed by atoms with Gasteiger partial charge in [0, 0.05) is 19.8 Å². The van der Waals surface area contributed by atoms with Gasteiger partial charge >= 0.3 is 0 Å². The maximum absolute atomic E-state index is 10.6. The minimum atomic E-state index is -0.530. The molecule has 1 aliphatic rings. The Morgan fingerprint density at radius 1 is 1.33 bits per heavy atom. The molecule has 0 amide bonds. The summed E-state index contributed by atoms with van der Waals surface area (Å²) in [6.07, 6.45) is 9.56. The van der Waals surface area contributed by atoms with Gasteiger partial charge in [-0.2, -0.15) is 5.10 Å². The molecule has 0 radical (unpaired) electrons. The first-order valence-corrected chi connectivity index (χ1v) is 7.12. The third kappa shape index (κ3) is 3.25. The average molecular weight is 251 g/mol. The Bertz CT molecular complexity index is 378. The Morgan fingerprint density at radius 2 is 2.00 bits per heavy atom. The molecule has 0 saturated heterocycles. The normalized spacial score (nSPS) is 19.5. The molecule has 0 aliphatic heterocycles. The van der Waals surface area contributed by atoms with E-state index < -0.39 is 5.60 Å². The van der Waals surface area contributed by atoms with E-state index in [1.807, 2.05) is 17.9 Å². The van der Waals surface area contributed by atoms with E-state index in [0.717, 1.165) is 43.5 Å². The molecule has 0 atom stereocenters. The molecule has 18 heavy (non-hydrogen) atoms. The van der Waals surface area contributed by atoms with E-state index in [1.54, 1.807) is 0 Å². The van der Waals surface area contributed by atoms with Gasteiger partial charge in [-0.1, -0.05) is 32.6 Å². The highest BCUT2D eigenvalue weighted by molar-refractivity contribution is 5.46. The van der Waals surface area contributed by atoms with Crippen molar-refractivity contribution in [3.8, 4) is 0 Å². The Kier molecular flexibility index (Phi) is 4.27. The Morgan fingerprint density at radius 3 is 2.61 bits per heavy atom. The number of aryl methyl sites for hydroxylation is 2. The highest BCUT2D eigenvalue weighted by Crippen LogP contribution is 2.27. The molecule has 0 aromatic carbocycles. The fraction of sp³-hybridized carbons (Fsp3) is 0.786. The third-order valence-corrected chi connectivity index (χ3v) is 3.88. The first-order chi connectivity index (χ1) is 8.63. The number of aliphatic hydroxyl groups is 1. The monoisotopic (exact) mass is 251 g/mol. The molecule has 0 bridgehead atoms. The van der Waals surface area contributed by atoms with Crippen LogP contribution in [0.15, 0.2) is 6.20 Å². The summed E-state index contributed by atoms with van der Waals surface area (Å²) in [4.78, 5) is 0. The lowest BCUT2D eigenvalue weighted by molar-refractivity contribution is 0.0381. The zero-order valence-electron chi connectivity index (χ0n) is 11.6. The summed E-state index contributed by atoms with van der Waals surface area (Å²) in [5.74, 6) is 0. The maximum atomic E-state index is 10.6. The van der Waals surface area contributed by atoms with Gasteiger partial charge in [-0.05, 0) is 19.3 Å². The molecule has 4 nitrogen and oxygen atoms in total. The zero-order valence-corrected chi connectivity index (χ0v) is 11.6. The number of anilines is 1. The summed E-state index contributed by atoms with van der Waals surface area (Å²) in [6, 6.07) is 0. The lowest BCUT2D eigenvalue weighted by atomic mass is 9.94. The van der Waals surface area contributed by atoms with E-state index in [4.69, 9.17) is 0 Å². The molecule has 0 unspecified atom stereocenters. The molecule has 1 saturated carbocycles. The second-order valence-corrected chi connectivity index (χ2v) is 5.51. The number of aromatic nitrogens is 2. The quantitative estimate of drug-likeness (QED) is 0.808. The molecule has 1 fully saturated rings. The molecule has 102 valence electrons. The van der Waals surface area contributed by atoms with Crippen LogP contribution in [0.4, 0.5) is 5.69 Å². The fourth-order valence-corrected chi connectivity index (χ4v) is 2.77. The number of nitrogens with zero attached hydrogens (tertiary/aromatic N) is 2. The van der Waals surface area contributed by atoms with Crippen LogP contribution in [0, 0.1) is 0 Å². The summed E-state index contributed by atoms with van der Waals surface area (Å²) >= 11 is 0. The molecule has 0 spiro atoms. The van der Waals surface area contributed by atoms with Crippen LogP contribution in [0.1, 0.15) is 51.1 Å². The van der Waals surface area contributed by atoms with Gasteiger partial charge in [-0.3, -0.25) is 4.68 Å². The van der Waals surface area contributed by atoms with Gasteiger partial charge in [0.05, 0.1) is 17.0 Å². The topological polar surface area (TPSA) is 50.1 Å². The van der Waals surface area contributed by atoms with E-state index in [9.17, 15) is 5.11 Å². The summed E-state index contributed by atoms with van der Waals surface area (Å²) in [5.41, 5.74) is 1.62. The van der Waals surface area contributed by atoms with E-state index in [1.165, 1.54) is 12.8 Å². The Balaban J connectivity index is 1.96. The molecule has 2 N–H and O–H groups in total. The van der Waals surface area contributed by atoms with Crippen molar-refractivity contribution in [3.63, 3.8) is 0 Å². The van der Waals surface area contributed by atoms with Gasteiger partial charge in [0.15, 0.2) is 0 Å². The molecular weight excluding hydrogens is 226 g/mol. The van der Waals surface area contributed by atoms with Crippen molar-refractivity contribution >= 4 is 5.69 Å². The average Bonchev–Trinajstić information content (AvgIpc) is 2.57. The van der Waals surface area contributed by atoms with E-state index in [0.29, 0.717) is 6.54 Å². The van der Waals surface area contributed by atoms with Crippen LogP contribution in [0.5, 0.6) is 0 Å². The molecule has 1 heterocycles. The van der Waals surface area contributed by atoms with Crippen LogP contribution >= 0.6 is 0 Å². The van der Waals surface area contributed by atoms with Crippen LogP contribution in [0.25, 0.3) is 0 Å². The number of rotatable bonds is 4. The van der Waals surface area contributed by atoms with E-state index in [-0.39, 0.29) is 0 Å². The SMILES string of the molecule is CCc1nn(C)cc1NCC1(O)CCCCCC1. The minimum Gasteiger partial charge on any atom is -0.388 e. The summed E-state index contributed by atoms with van der Waals surface area (Å²) < 4.78 is 1.83. The van der Waals surface area contributed by atoms with Crippen LogP contribution in [0.3, 0.4) is 0 Å². The highest BCUT2D eigenvalue weighted by Gasteiger charge is 2.27. The maximum Gasteiger partial charge on any atom is 0.0853 e. The second kappa shape index (κ2) is 5.74.